The van der Waals surface area contributed by atoms with Crippen LogP contribution in [0.4, 0.5) is 13.2 Å². The van der Waals surface area contributed by atoms with Gasteiger partial charge in [0.05, 0.1) is 12.0 Å². The van der Waals surface area contributed by atoms with Crippen molar-refractivity contribution >= 4 is 16.9 Å². The number of halogens is 3. The second-order valence-corrected chi connectivity index (χ2v) is 7.63. The number of fused-ring (bicyclic) bond motifs is 1. The molecule has 4 nitrogen and oxygen atoms in total. The van der Waals surface area contributed by atoms with Crippen LogP contribution in [0.2, 0.25) is 0 Å². The summed E-state index contributed by atoms with van der Waals surface area (Å²) in [5.41, 5.74) is 1.40. The van der Waals surface area contributed by atoms with Crippen molar-refractivity contribution in [3.8, 4) is 11.5 Å². The van der Waals surface area contributed by atoms with Crippen LogP contribution in [0.15, 0.2) is 36.5 Å². The lowest BCUT2D eigenvalue weighted by Crippen LogP contribution is -2.11. The summed E-state index contributed by atoms with van der Waals surface area (Å²) in [6.45, 7) is 1.49. The molecular weight excluding hydrogens is 383 g/mol. The Kier molecular flexibility index (Phi) is 4.76. The summed E-state index contributed by atoms with van der Waals surface area (Å²) in [7, 11) is 0. The van der Waals surface area contributed by atoms with Crippen LogP contribution in [0, 0.1) is 12.8 Å². The van der Waals surface area contributed by atoms with Crippen molar-refractivity contribution in [2.24, 2.45) is 5.92 Å². The lowest BCUT2D eigenvalue weighted by Gasteiger charge is -2.17. The SMILES string of the molecule is Cc1cc(CC(=O)O)cc(C(F)(F)F)c1Oc1ccc2[nH]cc(CC3CC3)c2c1. The highest BCUT2D eigenvalue weighted by Gasteiger charge is 2.36. The van der Waals surface area contributed by atoms with Gasteiger partial charge in [0.2, 0.25) is 0 Å². The first-order valence-electron chi connectivity index (χ1n) is 9.41. The van der Waals surface area contributed by atoms with Gasteiger partial charge in [0, 0.05) is 17.1 Å². The maximum atomic E-state index is 13.6. The van der Waals surface area contributed by atoms with E-state index in [0.29, 0.717) is 11.7 Å². The monoisotopic (exact) mass is 403 g/mol. The first kappa shape index (κ1) is 19.4. The van der Waals surface area contributed by atoms with Gasteiger partial charge in [-0.25, -0.2) is 0 Å². The van der Waals surface area contributed by atoms with Crippen LogP contribution in [0.3, 0.4) is 0 Å². The van der Waals surface area contributed by atoms with Gasteiger partial charge in [0.1, 0.15) is 11.5 Å². The second-order valence-electron chi connectivity index (χ2n) is 7.63. The Hall–Kier alpha value is -2.96. The predicted octanol–water partition coefficient (Wildman–Crippen LogP) is 5.87. The largest absolute Gasteiger partial charge is 0.481 e. The van der Waals surface area contributed by atoms with Gasteiger partial charge in [-0.1, -0.05) is 6.07 Å². The number of carbonyl (C=O) groups is 1. The molecule has 1 heterocycles. The third kappa shape index (κ3) is 4.23. The minimum absolute atomic E-state index is 0.0856. The Morgan fingerprint density at radius 3 is 2.66 bits per heavy atom. The molecule has 3 aromatic rings. The van der Waals surface area contributed by atoms with E-state index in [-0.39, 0.29) is 16.9 Å². The van der Waals surface area contributed by atoms with Crippen molar-refractivity contribution in [1.29, 1.82) is 0 Å². The quantitative estimate of drug-likeness (QED) is 0.541. The normalized spacial score (nSPS) is 14.3. The highest BCUT2D eigenvalue weighted by molar-refractivity contribution is 5.84. The number of rotatable bonds is 6. The van der Waals surface area contributed by atoms with Crippen molar-refractivity contribution in [3.63, 3.8) is 0 Å². The number of carboxylic acid groups (broad SMARTS) is 1. The Morgan fingerprint density at radius 1 is 1.24 bits per heavy atom. The number of aromatic nitrogens is 1. The Balaban J connectivity index is 1.71. The van der Waals surface area contributed by atoms with E-state index in [9.17, 15) is 18.0 Å². The predicted molar refractivity (Wildman–Crippen MR) is 102 cm³/mol. The number of aryl methyl sites for hydroxylation is 1. The molecule has 2 aromatic carbocycles. The van der Waals surface area contributed by atoms with Crippen molar-refractivity contribution in [3.05, 3.63) is 58.8 Å². The van der Waals surface area contributed by atoms with E-state index in [4.69, 9.17) is 9.84 Å². The Bertz CT molecular complexity index is 1080. The fraction of sp³-hybridized carbons (Fsp3) is 0.318. The Labute approximate surface area is 165 Å². The first-order chi connectivity index (χ1) is 13.7. The number of ether oxygens (including phenoxy) is 1. The standard InChI is InChI=1S/C22H20F3NO3/c1-12-6-14(9-20(27)28)8-18(22(23,24)25)21(12)29-16-4-5-19-17(10-16)15(11-26-19)7-13-2-3-13/h4-6,8,10-11,13,26H,2-3,7,9H2,1H3,(H,27,28). The summed E-state index contributed by atoms with van der Waals surface area (Å²) in [6.07, 6.45) is 0.160. The number of benzene rings is 2. The molecule has 7 heteroatoms. The number of carboxylic acids is 1. The minimum Gasteiger partial charge on any atom is -0.481 e. The fourth-order valence-electron chi connectivity index (χ4n) is 3.61. The maximum absolute atomic E-state index is 13.6. The molecule has 0 atom stereocenters. The molecule has 1 fully saturated rings. The van der Waals surface area contributed by atoms with E-state index >= 15 is 0 Å². The van der Waals surface area contributed by atoms with E-state index in [1.165, 1.54) is 25.8 Å². The molecule has 1 aromatic heterocycles. The van der Waals surface area contributed by atoms with Crippen LogP contribution in [0.1, 0.15) is 35.1 Å². The summed E-state index contributed by atoms with van der Waals surface area (Å²) in [5.74, 6) is -0.495. The van der Waals surface area contributed by atoms with Gasteiger partial charge >= 0.3 is 12.1 Å². The molecule has 1 saturated carbocycles. The molecule has 152 valence electrons. The molecule has 29 heavy (non-hydrogen) atoms. The van der Waals surface area contributed by atoms with Crippen LogP contribution < -0.4 is 4.74 Å². The summed E-state index contributed by atoms with van der Waals surface area (Å²) in [6, 6.07) is 7.46. The van der Waals surface area contributed by atoms with Crippen molar-refractivity contribution in [2.45, 2.75) is 38.8 Å². The van der Waals surface area contributed by atoms with Gasteiger partial charge in [-0.2, -0.15) is 13.2 Å². The lowest BCUT2D eigenvalue weighted by molar-refractivity contribution is -0.139. The number of aliphatic carboxylic acids is 1. The average Bonchev–Trinajstić information content (AvgIpc) is 3.35. The van der Waals surface area contributed by atoms with E-state index in [1.807, 2.05) is 6.20 Å². The van der Waals surface area contributed by atoms with Crippen LogP contribution >= 0.6 is 0 Å². The molecule has 0 spiro atoms. The molecule has 0 bridgehead atoms. The third-order valence-corrected chi connectivity index (χ3v) is 5.16. The molecule has 0 aliphatic heterocycles. The van der Waals surface area contributed by atoms with Gasteiger partial charge in [-0.3, -0.25) is 4.79 Å². The molecule has 0 saturated heterocycles. The highest BCUT2D eigenvalue weighted by Crippen LogP contribution is 2.42. The Morgan fingerprint density at radius 2 is 2.00 bits per heavy atom. The zero-order valence-corrected chi connectivity index (χ0v) is 15.8. The lowest BCUT2D eigenvalue weighted by atomic mass is 10.0. The van der Waals surface area contributed by atoms with Crippen molar-refractivity contribution < 1.29 is 27.8 Å². The zero-order chi connectivity index (χ0) is 20.8. The van der Waals surface area contributed by atoms with Gasteiger partial charge in [-0.05, 0) is 73.1 Å². The topological polar surface area (TPSA) is 62.3 Å². The number of alkyl halides is 3. The van der Waals surface area contributed by atoms with Crippen LogP contribution in [-0.2, 0) is 23.8 Å². The molecule has 1 aliphatic carbocycles. The fourth-order valence-corrected chi connectivity index (χ4v) is 3.61. The maximum Gasteiger partial charge on any atom is 0.420 e. The number of hydrogen-bond acceptors (Lipinski definition) is 2. The van der Waals surface area contributed by atoms with Gasteiger partial charge in [0.15, 0.2) is 0 Å². The summed E-state index contributed by atoms with van der Waals surface area (Å²) >= 11 is 0. The molecule has 1 aliphatic rings. The second kappa shape index (κ2) is 7.13. The summed E-state index contributed by atoms with van der Waals surface area (Å²) in [5, 5.41) is 9.86. The van der Waals surface area contributed by atoms with Crippen LogP contribution in [-0.4, -0.2) is 16.1 Å². The number of H-pyrrole nitrogens is 1. The third-order valence-electron chi connectivity index (χ3n) is 5.16. The number of nitrogens with one attached hydrogen (secondary N) is 1. The zero-order valence-electron chi connectivity index (χ0n) is 15.8. The van der Waals surface area contributed by atoms with E-state index in [2.05, 4.69) is 4.98 Å². The molecule has 2 N–H and O–H groups in total. The van der Waals surface area contributed by atoms with Gasteiger partial charge < -0.3 is 14.8 Å². The molecule has 0 amide bonds. The summed E-state index contributed by atoms with van der Waals surface area (Å²) < 4.78 is 46.6. The number of aromatic amines is 1. The molecule has 0 unspecified atom stereocenters. The molecule has 4 rings (SSSR count). The van der Waals surface area contributed by atoms with Crippen molar-refractivity contribution in [1.82, 2.24) is 4.98 Å². The average molecular weight is 403 g/mol. The number of hydrogen-bond donors (Lipinski definition) is 2. The minimum atomic E-state index is -4.66. The van der Waals surface area contributed by atoms with Gasteiger partial charge in [0.25, 0.3) is 0 Å². The van der Waals surface area contributed by atoms with Crippen LogP contribution in [0.25, 0.3) is 10.9 Å². The summed E-state index contributed by atoms with van der Waals surface area (Å²) in [4.78, 5) is 14.1. The highest BCUT2D eigenvalue weighted by atomic mass is 19.4. The molecular formula is C22H20F3NO3. The van der Waals surface area contributed by atoms with E-state index < -0.39 is 24.1 Å². The van der Waals surface area contributed by atoms with E-state index in [1.54, 1.807) is 18.2 Å². The smallest absolute Gasteiger partial charge is 0.420 e. The van der Waals surface area contributed by atoms with Crippen LogP contribution in [0.5, 0.6) is 11.5 Å². The molecule has 0 radical (unpaired) electrons. The van der Waals surface area contributed by atoms with Gasteiger partial charge in [-0.15, -0.1) is 0 Å². The van der Waals surface area contributed by atoms with Crippen molar-refractivity contribution in [2.75, 3.05) is 0 Å². The van der Waals surface area contributed by atoms with E-state index in [0.717, 1.165) is 29.0 Å². The first-order valence-corrected chi connectivity index (χ1v) is 9.41.